The van der Waals surface area contributed by atoms with Crippen LogP contribution in [0.2, 0.25) is 5.02 Å². The highest BCUT2D eigenvalue weighted by Gasteiger charge is 2.20. The average molecular weight is 417 g/mol. The minimum Gasteiger partial charge on any atom is -0.494 e. The molecule has 156 valence electrons. The Morgan fingerprint density at radius 3 is 2.48 bits per heavy atom. The Balaban J connectivity index is 1.58. The van der Waals surface area contributed by atoms with E-state index in [4.69, 9.17) is 16.3 Å². The number of anilines is 2. The molecular weight excluding hydrogens is 386 g/mol. The summed E-state index contributed by atoms with van der Waals surface area (Å²) in [5.41, 5.74) is 2.32. The molecule has 1 aliphatic rings. The van der Waals surface area contributed by atoms with E-state index in [1.807, 2.05) is 30.3 Å². The van der Waals surface area contributed by atoms with Crippen LogP contribution in [0.4, 0.5) is 11.4 Å². The molecule has 1 fully saturated rings. The minimum absolute atomic E-state index is 0.158. The highest BCUT2D eigenvalue weighted by atomic mass is 35.5. The lowest BCUT2D eigenvalue weighted by Crippen LogP contribution is -3.14. The van der Waals surface area contributed by atoms with Gasteiger partial charge in [-0.1, -0.05) is 24.9 Å². The van der Waals surface area contributed by atoms with Gasteiger partial charge in [-0.05, 0) is 55.8 Å². The fourth-order valence-corrected chi connectivity index (χ4v) is 3.80. The smallest absolute Gasteiger partial charge is 0.255 e. The monoisotopic (exact) mass is 416 g/mol. The zero-order valence-corrected chi connectivity index (χ0v) is 18.1. The molecule has 2 aromatic rings. The molecule has 3 rings (SSSR count). The molecule has 0 unspecified atom stereocenters. The van der Waals surface area contributed by atoms with Crippen LogP contribution in [0.3, 0.4) is 0 Å². The lowest BCUT2D eigenvalue weighted by Gasteiger charge is -2.33. The van der Waals surface area contributed by atoms with Gasteiger partial charge in [-0.15, -0.1) is 0 Å². The molecule has 1 saturated heterocycles. The fraction of sp³-hybridized carbons (Fsp3) is 0.435. The van der Waals surface area contributed by atoms with Gasteiger partial charge in [-0.25, -0.2) is 0 Å². The van der Waals surface area contributed by atoms with Gasteiger partial charge in [0.1, 0.15) is 5.75 Å². The van der Waals surface area contributed by atoms with Crippen LogP contribution < -0.4 is 19.9 Å². The number of hydrogen-bond acceptors (Lipinski definition) is 3. The highest BCUT2D eigenvalue weighted by Crippen LogP contribution is 2.29. The van der Waals surface area contributed by atoms with E-state index in [2.05, 4.69) is 24.1 Å². The van der Waals surface area contributed by atoms with Gasteiger partial charge in [0.2, 0.25) is 0 Å². The van der Waals surface area contributed by atoms with Gasteiger partial charge in [0.25, 0.3) is 5.91 Å². The number of nitrogens with zero attached hydrogens (tertiary/aromatic N) is 1. The van der Waals surface area contributed by atoms with Crippen molar-refractivity contribution in [3.63, 3.8) is 0 Å². The summed E-state index contributed by atoms with van der Waals surface area (Å²) in [6.45, 7) is 10.5. The predicted octanol–water partition coefficient (Wildman–Crippen LogP) is 3.50. The zero-order valence-electron chi connectivity index (χ0n) is 17.3. The number of quaternary nitrogens is 1. The van der Waals surface area contributed by atoms with Crippen molar-refractivity contribution in [2.24, 2.45) is 0 Å². The summed E-state index contributed by atoms with van der Waals surface area (Å²) >= 11 is 6.53. The molecule has 0 saturated carbocycles. The Morgan fingerprint density at radius 2 is 1.86 bits per heavy atom. The Bertz CT molecular complexity index is 802. The molecule has 5 nitrogen and oxygen atoms in total. The molecule has 6 heteroatoms. The second-order valence-corrected chi connectivity index (χ2v) is 7.84. The van der Waals surface area contributed by atoms with E-state index in [1.54, 1.807) is 17.0 Å². The first-order chi connectivity index (χ1) is 14.1. The van der Waals surface area contributed by atoms with Crippen LogP contribution in [0.15, 0.2) is 42.5 Å². The summed E-state index contributed by atoms with van der Waals surface area (Å²) in [4.78, 5) is 16.5. The summed E-state index contributed by atoms with van der Waals surface area (Å²) in [6, 6.07) is 13.0. The molecule has 1 amide bonds. The summed E-state index contributed by atoms with van der Waals surface area (Å²) in [7, 11) is 0. The number of piperazine rings is 1. The van der Waals surface area contributed by atoms with Crippen molar-refractivity contribution < 1.29 is 14.4 Å². The number of hydrogen-bond donors (Lipinski definition) is 2. The van der Waals surface area contributed by atoms with Gasteiger partial charge in [0, 0.05) is 11.3 Å². The van der Waals surface area contributed by atoms with Crippen LogP contribution in [-0.4, -0.2) is 45.2 Å². The van der Waals surface area contributed by atoms with Crippen molar-refractivity contribution in [2.45, 2.75) is 26.7 Å². The number of unbranched alkanes of at least 4 members (excludes halogenated alkanes) is 1. The summed E-state index contributed by atoms with van der Waals surface area (Å²) in [5.74, 6) is 0.626. The maximum absolute atomic E-state index is 12.5. The number of amides is 1. The molecule has 29 heavy (non-hydrogen) atoms. The molecule has 2 aromatic carbocycles. The second kappa shape index (κ2) is 10.5. The van der Waals surface area contributed by atoms with E-state index in [9.17, 15) is 4.79 Å². The number of benzene rings is 2. The van der Waals surface area contributed by atoms with Gasteiger partial charge >= 0.3 is 0 Å². The van der Waals surface area contributed by atoms with Crippen LogP contribution in [0.1, 0.15) is 37.0 Å². The number of likely N-dealkylation sites (N-methyl/N-ethyl adjacent to an activating group) is 1. The molecule has 0 radical (unpaired) electrons. The van der Waals surface area contributed by atoms with Crippen molar-refractivity contribution in [1.29, 1.82) is 0 Å². The van der Waals surface area contributed by atoms with Gasteiger partial charge in [-0.2, -0.15) is 0 Å². The summed E-state index contributed by atoms with van der Waals surface area (Å²) in [5, 5.41) is 3.60. The number of ether oxygens (including phenoxy) is 1. The Hall–Kier alpha value is -2.24. The third-order valence-electron chi connectivity index (χ3n) is 5.40. The maximum atomic E-state index is 12.5. The van der Waals surface area contributed by atoms with Crippen molar-refractivity contribution >= 4 is 28.9 Å². The van der Waals surface area contributed by atoms with Gasteiger partial charge in [0.05, 0.1) is 50.0 Å². The molecule has 0 aliphatic carbocycles. The number of rotatable bonds is 8. The molecule has 0 atom stereocenters. The topological polar surface area (TPSA) is 46.0 Å². The lowest BCUT2D eigenvalue weighted by molar-refractivity contribution is -0.898. The van der Waals surface area contributed by atoms with Gasteiger partial charge in [0.15, 0.2) is 0 Å². The van der Waals surface area contributed by atoms with E-state index in [1.165, 1.54) is 6.54 Å². The third kappa shape index (κ3) is 5.87. The quantitative estimate of drug-likeness (QED) is 0.647. The average Bonchev–Trinajstić information content (AvgIpc) is 2.75. The van der Waals surface area contributed by atoms with Gasteiger partial charge in [-0.3, -0.25) is 4.79 Å². The van der Waals surface area contributed by atoms with Crippen LogP contribution in [0, 0.1) is 0 Å². The SMILES string of the molecule is CCCCOc1ccc(C(=O)Nc2ccc(N3CC[NH+](CC)CC3)c(Cl)c2)cc1. The second-order valence-electron chi connectivity index (χ2n) is 7.44. The van der Waals surface area contributed by atoms with E-state index in [0.717, 1.165) is 50.5 Å². The van der Waals surface area contributed by atoms with E-state index in [0.29, 0.717) is 22.9 Å². The molecule has 1 aliphatic heterocycles. The first-order valence-corrected chi connectivity index (χ1v) is 10.9. The number of nitrogens with one attached hydrogen (secondary N) is 2. The Labute approximate surface area is 178 Å². The molecule has 1 heterocycles. The molecule has 0 aromatic heterocycles. The first-order valence-electron chi connectivity index (χ1n) is 10.5. The van der Waals surface area contributed by atoms with Crippen molar-refractivity contribution in [2.75, 3.05) is 49.5 Å². The number of carbonyl (C=O) groups is 1. The lowest BCUT2D eigenvalue weighted by atomic mass is 10.2. The minimum atomic E-state index is -0.158. The Kier molecular flexibility index (Phi) is 7.78. The molecule has 2 N–H and O–H groups in total. The molecular formula is C23H31ClN3O2+. The van der Waals surface area contributed by atoms with Crippen molar-refractivity contribution in [3.8, 4) is 5.75 Å². The molecule has 0 bridgehead atoms. The van der Waals surface area contributed by atoms with Crippen LogP contribution in [0.5, 0.6) is 5.75 Å². The van der Waals surface area contributed by atoms with E-state index < -0.39 is 0 Å². The number of halogens is 1. The standard InChI is InChI=1S/C23H30ClN3O2/c1-3-5-16-29-20-9-6-18(7-10-20)23(28)25-19-8-11-22(21(24)17-19)27-14-12-26(4-2)13-15-27/h6-11,17H,3-5,12-16H2,1-2H3,(H,25,28)/p+1. The fourth-order valence-electron chi connectivity index (χ4n) is 3.50. The van der Waals surface area contributed by atoms with Crippen molar-refractivity contribution in [1.82, 2.24) is 0 Å². The Morgan fingerprint density at radius 1 is 1.14 bits per heavy atom. The largest absolute Gasteiger partial charge is 0.494 e. The first kappa shape index (κ1) is 21.5. The van der Waals surface area contributed by atoms with Crippen LogP contribution in [0.25, 0.3) is 0 Å². The summed E-state index contributed by atoms with van der Waals surface area (Å²) in [6.07, 6.45) is 2.12. The normalized spacial score (nSPS) is 14.7. The van der Waals surface area contributed by atoms with Crippen LogP contribution >= 0.6 is 11.6 Å². The van der Waals surface area contributed by atoms with E-state index >= 15 is 0 Å². The van der Waals surface area contributed by atoms with Crippen molar-refractivity contribution in [3.05, 3.63) is 53.1 Å². The molecule has 0 spiro atoms. The van der Waals surface area contributed by atoms with Gasteiger partial charge < -0.3 is 19.9 Å². The predicted molar refractivity (Wildman–Crippen MR) is 120 cm³/mol. The number of carbonyl (C=O) groups excluding carboxylic acids is 1. The van der Waals surface area contributed by atoms with Crippen LogP contribution in [-0.2, 0) is 0 Å². The third-order valence-corrected chi connectivity index (χ3v) is 5.70. The summed E-state index contributed by atoms with van der Waals surface area (Å²) < 4.78 is 5.64. The maximum Gasteiger partial charge on any atom is 0.255 e. The van der Waals surface area contributed by atoms with E-state index in [-0.39, 0.29) is 5.91 Å². The highest BCUT2D eigenvalue weighted by molar-refractivity contribution is 6.33. The zero-order chi connectivity index (χ0) is 20.6.